The SMILES string of the molecule is CCNC1CCCN(C(=O)OC(C)(C)C)CC1F. The van der Waals surface area contributed by atoms with Crippen LogP contribution in [-0.2, 0) is 4.74 Å². The second kappa shape index (κ2) is 6.36. The van der Waals surface area contributed by atoms with E-state index in [1.54, 1.807) is 0 Å². The van der Waals surface area contributed by atoms with Crippen LogP contribution in [0.1, 0.15) is 40.5 Å². The first kappa shape index (κ1) is 15.2. The van der Waals surface area contributed by atoms with E-state index in [-0.39, 0.29) is 12.6 Å². The summed E-state index contributed by atoms with van der Waals surface area (Å²) in [4.78, 5) is 13.4. The van der Waals surface area contributed by atoms with Crippen LogP contribution in [0.15, 0.2) is 0 Å². The first-order valence-corrected chi connectivity index (χ1v) is 6.69. The van der Waals surface area contributed by atoms with Crippen LogP contribution in [0.2, 0.25) is 0 Å². The lowest BCUT2D eigenvalue weighted by molar-refractivity contribution is 0.0215. The number of rotatable bonds is 2. The molecular formula is C13H25FN2O2. The van der Waals surface area contributed by atoms with Crippen LogP contribution >= 0.6 is 0 Å². The molecule has 0 spiro atoms. The lowest BCUT2D eigenvalue weighted by Gasteiger charge is -2.27. The van der Waals surface area contributed by atoms with Crippen molar-refractivity contribution in [2.24, 2.45) is 0 Å². The van der Waals surface area contributed by atoms with E-state index in [0.717, 1.165) is 19.4 Å². The molecule has 0 aliphatic carbocycles. The van der Waals surface area contributed by atoms with Gasteiger partial charge in [0.25, 0.3) is 0 Å². The van der Waals surface area contributed by atoms with Gasteiger partial charge in [-0.15, -0.1) is 0 Å². The van der Waals surface area contributed by atoms with E-state index in [4.69, 9.17) is 4.74 Å². The highest BCUT2D eigenvalue weighted by Gasteiger charge is 2.30. The zero-order valence-corrected chi connectivity index (χ0v) is 11.8. The highest BCUT2D eigenvalue weighted by Crippen LogP contribution is 2.17. The van der Waals surface area contributed by atoms with Gasteiger partial charge in [-0.3, -0.25) is 0 Å². The summed E-state index contributed by atoms with van der Waals surface area (Å²) in [6.45, 7) is 8.84. The molecule has 4 nitrogen and oxygen atoms in total. The standard InChI is InChI=1S/C13H25FN2O2/c1-5-15-11-7-6-8-16(9-10(11)14)12(17)18-13(2,3)4/h10-11,15H,5-9H2,1-4H3. The van der Waals surface area contributed by atoms with Crippen LogP contribution in [0.3, 0.4) is 0 Å². The molecule has 18 heavy (non-hydrogen) atoms. The molecule has 2 atom stereocenters. The van der Waals surface area contributed by atoms with Crippen molar-refractivity contribution in [3.8, 4) is 0 Å². The Bertz CT molecular complexity index is 279. The van der Waals surface area contributed by atoms with Crippen molar-refractivity contribution in [1.29, 1.82) is 0 Å². The fraction of sp³-hybridized carbons (Fsp3) is 0.923. The van der Waals surface area contributed by atoms with Crippen molar-refractivity contribution in [2.45, 2.75) is 58.4 Å². The molecule has 2 unspecified atom stereocenters. The molecule has 0 aromatic carbocycles. The summed E-state index contributed by atoms with van der Waals surface area (Å²) in [5.74, 6) is 0. The van der Waals surface area contributed by atoms with E-state index in [1.807, 2.05) is 27.7 Å². The molecule has 1 aliphatic rings. The van der Waals surface area contributed by atoms with Crippen LogP contribution < -0.4 is 5.32 Å². The summed E-state index contributed by atoms with van der Waals surface area (Å²) in [5.41, 5.74) is -0.531. The Morgan fingerprint density at radius 1 is 1.50 bits per heavy atom. The topological polar surface area (TPSA) is 41.6 Å². The molecule has 0 aromatic rings. The first-order valence-electron chi connectivity index (χ1n) is 6.69. The average molecular weight is 260 g/mol. The van der Waals surface area contributed by atoms with Crippen LogP contribution in [0, 0.1) is 0 Å². The van der Waals surface area contributed by atoms with Crippen molar-refractivity contribution in [2.75, 3.05) is 19.6 Å². The van der Waals surface area contributed by atoms with Gasteiger partial charge in [0.2, 0.25) is 0 Å². The first-order chi connectivity index (χ1) is 8.33. The van der Waals surface area contributed by atoms with Crippen LogP contribution in [0.4, 0.5) is 9.18 Å². The van der Waals surface area contributed by atoms with Gasteiger partial charge >= 0.3 is 6.09 Å². The minimum atomic E-state index is -1.03. The third kappa shape index (κ3) is 4.80. The maximum Gasteiger partial charge on any atom is 0.410 e. The quantitative estimate of drug-likeness (QED) is 0.828. The number of ether oxygens (including phenoxy) is 1. The predicted molar refractivity (Wildman–Crippen MR) is 69.4 cm³/mol. The molecule has 1 fully saturated rings. The van der Waals surface area contributed by atoms with Gasteiger partial charge in [0.05, 0.1) is 6.54 Å². The van der Waals surface area contributed by atoms with Crippen molar-refractivity contribution in [1.82, 2.24) is 10.2 Å². The number of halogens is 1. The molecule has 0 bridgehead atoms. The molecule has 0 radical (unpaired) electrons. The number of hydrogen-bond donors (Lipinski definition) is 1. The number of nitrogens with one attached hydrogen (secondary N) is 1. The summed E-state index contributed by atoms with van der Waals surface area (Å²) in [7, 11) is 0. The Hall–Kier alpha value is -0.840. The zero-order chi connectivity index (χ0) is 13.8. The summed E-state index contributed by atoms with van der Waals surface area (Å²) >= 11 is 0. The molecule has 0 aromatic heterocycles. The maximum atomic E-state index is 14.0. The molecule has 1 N–H and O–H groups in total. The fourth-order valence-electron chi connectivity index (χ4n) is 2.10. The summed E-state index contributed by atoms with van der Waals surface area (Å²) in [5, 5.41) is 3.13. The molecule has 1 saturated heterocycles. The van der Waals surface area contributed by atoms with Crippen molar-refractivity contribution < 1.29 is 13.9 Å². The Labute approximate surface area is 109 Å². The van der Waals surface area contributed by atoms with Gasteiger partial charge in [-0.05, 0) is 40.2 Å². The van der Waals surface area contributed by atoms with E-state index in [9.17, 15) is 9.18 Å². The van der Waals surface area contributed by atoms with Gasteiger partial charge in [-0.1, -0.05) is 6.92 Å². The summed E-state index contributed by atoms with van der Waals surface area (Å²) in [6, 6.07) is -0.151. The largest absolute Gasteiger partial charge is 0.444 e. The van der Waals surface area contributed by atoms with E-state index in [1.165, 1.54) is 4.90 Å². The normalized spacial score (nSPS) is 25.7. The molecule has 1 amide bonds. The van der Waals surface area contributed by atoms with Crippen LogP contribution in [0.25, 0.3) is 0 Å². The molecule has 1 heterocycles. The monoisotopic (exact) mass is 260 g/mol. The van der Waals surface area contributed by atoms with Crippen LogP contribution in [0.5, 0.6) is 0 Å². The number of carbonyl (C=O) groups excluding carboxylic acids is 1. The van der Waals surface area contributed by atoms with E-state index >= 15 is 0 Å². The smallest absolute Gasteiger partial charge is 0.410 e. The predicted octanol–water partition coefficient (Wildman–Crippen LogP) is 2.33. The number of amides is 1. The number of likely N-dealkylation sites (tertiary alicyclic amines) is 1. The second-order valence-electron chi connectivity index (χ2n) is 5.75. The van der Waals surface area contributed by atoms with E-state index in [0.29, 0.717) is 6.54 Å². The molecule has 106 valence electrons. The van der Waals surface area contributed by atoms with Gasteiger partial charge < -0.3 is 15.0 Å². The molecule has 1 aliphatic heterocycles. The minimum absolute atomic E-state index is 0.118. The van der Waals surface area contributed by atoms with Gasteiger partial charge in [-0.2, -0.15) is 0 Å². The third-order valence-corrected chi connectivity index (χ3v) is 2.89. The number of nitrogens with zero attached hydrogens (tertiary/aromatic N) is 1. The van der Waals surface area contributed by atoms with Gasteiger partial charge in [0, 0.05) is 12.6 Å². The fourth-order valence-corrected chi connectivity index (χ4v) is 2.10. The highest BCUT2D eigenvalue weighted by atomic mass is 19.1. The minimum Gasteiger partial charge on any atom is -0.444 e. The second-order valence-corrected chi connectivity index (χ2v) is 5.75. The van der Waals surface area contributed by atoms with Crippen molar-refractivity contribution in [3.05, 3.63) is 0 Å². The Balaban J connectivity index is 2.56. The Kier molecular flexibility index (Phi) is 5.38. The number of carbonyl (C=O) groups is 1. The maximum absolute atomic E-state index is 14.0. The van der Waals surface area contributed by atoms with Gasteiger partial charge in [0.1, 0.15) is 11.8 Å². The Morgan fingerprint density at radius 2 is 2.17 bits per heavy atom. The molecule has 0 saturated carbocycles. The molecule has 5 heteroatoms. The zero-order valence-electron chi connectivity index (χ0n) is 11.8. The van der Waals surface area contributed by atoms with E-state index in [2.05, 4.69) is 5.32 Å². The Morgan fingerprint density at radius 3 is 2.72 bits per heavy atom. The van der Waals surface area contributed by atoms with Gasteiger partial charge in [0.15, 0.2) is 0 Å². The summed E-state index contributed by atoms with van der Waals surface area (Å²) in [6.07, 6.45) is 0.119. The van der Waals surface area contributed by atoms with Crippen LogP contribution in [-0.4, -0.2) is 48.4 Å². The third-order valence-electron chi connectivity index (χ3n) is 2.89. The number of hydrogen-bond acceptors (Lipinski definition) is 3. The molecular weight excluding hydrogens is 235 g/mol. The average Bonchev–Trinajstić information content (AvgIpc) is 2.40. The van der Waals surface area contributed by atoms with E-state index < -0.39 is 17.9 Å². The van der Waals surface area contributed by atoms with Gasteiger partial charge in [-0.25, -0.2) is 9.18 Å². The van der Waals surface area contributed by atoms with Crippen molar-refractivity contribution in [3.63, 3.8) is 0 Å². The van der Waals surface area contributed by atoms with Crippen molar-refractivity contribution >= 4 is 6.09 Å². The highest BCUT2D eigenvalue weighted by molar-refractivity contribution is 5.68. The summed E-state index contributed by atoms with van der Waals surface area (Å²) < 4.78 is 19.3. The lowest BCUT2D eigenvalue weighted by Crippen LogP contribution is -2.44. The lowest BCUT2D eigenvalue weighted by atomic mass is 10.1. The number of alkyl halides is 1. The molecule has 1 rings (SSSR count).